The Morgan fingerprint density at radius 1 is 1.25 bits per heavy atom. The van der Waals surface area contributed by atoms with Crippen LogP contribution in [0.2, 0.25) is 0 Å². The molecule has 1 aromatic rings. The molecular weight excluding hydrogens is 258 g/mol. The molecule has 3 N–H and O–H groups in total. The smallest absolute Gasteiger partial charge is 0.308 e. The maximum absolute atomic E-state index is 12.2. The van der Waals surface area contributed by atoms with Crippen LogP contribution in [0.15, 0.2) is 18.2 Å². The average molecular weight is 277 g/mol. The van der Waals surface area contributed by atoms with E-state index in [-0.39, 0.29) is 17.7 Å². The minimum atomic E-state index is -0.850. The lowest BCUT2D eigenvalue weighted by molar-refractivity contribution is -0.143. The Labute approximate surface area is 117 Å². The van der Waals surface area contributed by atoms with Crippen molar-refractivity contribution in [3.63, 3.8) is 0 Å². The molecule has 1 aromatic carbocycles. The third-order valence-electron chi connectivity index (χ3n) is 3.86. The molecule has 1 aliphatic carbocycles. The molecule has 0 aromatic heterocycles. The number of phenolic OH excluding ortho intramolecular Hbond substituents is 1. The first-order valence-corrected chi connectivity index (χ1v) is 6.82. The Balaban J connectivity index is 2.09. The number of hydrogen-bond donors (Lipinski definition) is 3. The molecule has 1 amide bonds. The number of phenols is 1. The monoisotopic (exact) mass is 277 g/mol. The molecule has 2 rings (SSSR count). The Bertz CT molecular complexity index is 527. The molecule has 0 aliphatic heterocycles. The lowest BCUT2D eigenvalue weighted by Gasteiger charge is -2.29. The van der Waals surface area contributed by atoms with Gasteiger partial charge in [-0.25, -0.2) is 0 Å². The molecular formula is C15H19NO4. The maximum Gasteiger partial charge on any atom is 0.308 e. The van der Waals surface area contributed by atoms with Gasteiger partial charge in [0.25, 0.3) is 5.91 Å². The summed E-state index contributed by atoms with van der Waals surface area (Å²) in [7, 11) is 0. The van der Waals surface area contributed by atoms with Crippen molar-refractivity contribution in [3.8, 4) is 5.75 Å². The Kier molecular flexibility index (Phi) is 4.27. The molecule has 0 saturated heterocycles. The highest BCUT2D eigenvalue weighted by atomic mass is 16.4. The molecule has 1 saturated carbocycles. The zero-order valence-corrected chi connectivity index (χ0v) is 11.4. The molecule has 1 aliphatic rings. The Morgan fingerprint density at radius 2 is 1.95 bits per heavy atom. The van der Waals surface area contributed by atoms with Gasteiger partial charge in [0.2, 0.25) is 0 Å². The summed E-state index contributed by atoms with van der Waals surface area (Å²) in [6, 6.07) is 4.29. The van der Waals surface area contributed by atoms with Crippen molar-refractivity contribution < 1.29 is 19.8 Å². The molecule has 20 heavy (non-hydrogen) atoms. The minimum Gasteiger partial charge on any atom is -0.508 e. The van der Waals surface area contributed by atoms with Gasteiger partial charge in [-0.15, -0.1) is 0 Å². The number of hydrogen-bond acceptors (Lipinski definition) is 3. The second-order valence-electron chi connectivity index (χ2n) is 5.31. The van der Waals surface area contributed by atoms with Crippen LogP contribution in [-0.2, 0) is 4.79 Å². The number of amides is 1. The van der Waals surface area contributed by atoms with E-state index in [0.717, 1.165) is 12.8 Å². The highest BCUT2D eigenvalue weighted by molar-refractivity contribution is 5.95. The van der Waals surface area contributed by atoms with E-state index in [1.54, 1.807) is 13.0 Å². The van der Waals surface area contributed by atoms with Crippen LogP contribution in [0.5, 0.6) is 5.75 Å². The number of nitrogens with one attached hydrogen (secondary N) is 1. The van der Waals surface area contributed by atoms with Crippen molar-refractivity contribution in [2.24, 2.45) is 5.92 Å². The van der Waals surface area contributed by atoms with Crippen LogP contribution in [0, 0.1) is 12.8 Å². The number of carboxylic acid groups (broad SMARTS) is 1. The van der Waals surface area contributed by atoms with Gasteiger partial charge in [0.1, 0.15) is 5.75 Å². The average Bonchev–Trinajstić information content (AvgIpc) is 2.42. The summed E-state index contributed by atoms with van der Waals surface area (Å²) in [5.74, 6) is -1.50. The topological polar surface area (TPSA) is 86.6 Å². The quantitative estimate of drug-likeness (QED) is 0.789. The van der Waals surface area contributed by atoms with Gasteiger partial charge in [-0.1, -0.05) is 12.8 Å². The highest BCUT2D eigenvalue weighted by Crippen LogP contribution is 2.25. The van der Waals surface area contributed by atoms with E-state index in [4.69, 9.17) is 0 Å². The fraction of sp³-hybridized carbons (Fsp3) is 0.467. The normalized spacial score (nSPS) is 22.2. The molecule has 5 nitrogen and oxygen atoms in total. The van der Waals surface area contributed by atoms with Crippen LogP contribution in [0.4, 0.5) is 0 Å². The third-order valence-corrected chi connectivity index (χ3v) is 3.86. The van der Waals surface area contributed by atoms with Crippen molar-refractivity contribution in [2.75, 3.05) is 0 Å². The third kappa shape index (κ3) is 3.10. The van der Waals surface area contributed by atoms with Crippen molar-refractivity contribution in [3.05, 3.63) is 29.3 Å². The number of carboxylic acids is 1. The van der Waals surface area contributed by atoms with Gasteiger partial charge < -0.3 is 15.5 Å². The number of carbonyl (C=O) groups excluding carboxylic acids is 1. The molecule has 5 heteroatoms. The van der Waals surface area contributed by atoms with Crippen molar-refractivity contribution in [1.29, 1.82) is 0 Å². The summed E-state index contributed by atoms with van der Waals surface area (Å²) < 4.78 is 0. The van der Waals surface area contributed by atoms with Crippen LogP contribution in [0.25, 0.3) is 0 Å². The fourth-order valence-corrected chi connectivity index (χ4v) is 2.65. The zero-order valence-electron chi connectivity index (χ0n) is 11.4. The van der Waals surface area contributed by atoms with Gasteiger partial charge in [-0.05, 0) is 43.5 Å². The molecule has 1 fully saturated rings. The molecule has 2 unspecified atom stereocenters. The van der Waals surface area contributed by atoms with Crippen LogP contribution in [0.3, 0.4) is 0 Å². The first-order chi connectivity index (χ1) is 9.49. The number of aromatic hydroxyl groups is 1. The van der Waals surface area contributed by atoms with Crippen molar-refractivity contribution in [2.45, 2.75) is 38.6 Å². The lowest BCUT2D eigenvalue weighted by atomic mass is 9.84. The minimum absolute atomic E-state index is 0.141. The molecule has 0 spiro atoms. The van der Waals surface area contributed by atoms with Gasteiger partial charge in [0.05, 0.1) is 5.92 Å². The van der Waals surface area contributed by atoms with Gasteiger partial charge in [0.15, 0.2) is 0 Å². The summed E-state index contributed by atoms with van der Waals surface area (Å²) in [5, 5.41) is 21.5. The number of benzene rings is 1. The van der Waals surface area contributed by atoms with E-state index in [1.165, 1.54) is 12.1 Å². The van der Waals surface area contributed by atoms with E-state index < -0.39 is 11.9 Å². The van der Waals surface area contributed by atoms with Crippen LogP contribution in [-0.4, -0.2) is 28.1 Å². The van der Waals surface area contributed by atoms with Crippen LogP contribution in [0.1, 0.15) is 41.6 Å². The van der Waals surface area contributed by atoms with Crippen LogP contribution < -0.4 is 5.32 Å². The Hall–Kier alpha value is -2.04. The SMILES string of the molecule is Cc1cc(C(=O)NC2CCCCC2C(=O)O)ccc1O. The molecule has 0 heterocycles. The Morgan fingerprint density at radius 3 is 2.60 bits per heavy atom. The number of aryl methyl sites for hydroxylation is 1. The van der Waals surface area contributed by atoms with Gasteiger partial charge in [-0.2, -0.15) is 0 Å². The molecule has 0 bridgehead atoms. The predicted molar refractivity (Wildman–Crippen MR) is 73.7 cm³/mol. The van der Waals surface area contributed by atoms with Gasteiger partial charge >= 0.3 is 5.97 Å². The van der Waals surface area contributed by atoms with Crippen LogP contribution >= 0.6 is 0 Å². The molecule has 0 radical (unpaired) electrons. The van der Waals surface area contributed by atoms with E-state index in [2.05, 4.69) is 5.32 Å². The number of rotatable bonds is 3. The lowest BCUT2D eigenvalue weighted by Crippen LogP contribution is -2.45. The largest absolute Gasteiger partial charge is 0.508 e. The summed E-state index contributed by atoms with van der Waals surface area (Å²) in [4.78, 5) is 23.4. The fourth-order valence-electron chi connectivity index (χ4n) is 2.65. The summed E-state index contributed by atoms with van der Waals surface area (Å²) >= 11 is 0. The summed E-state index contributed by atoms with van der Waals surface area (Å²) in [5.41, 5.74) is 1.06. The van der Waals surface area contributed by atoms with Gasteiger partial charge in [0, 0.05) is 11.6 Å². The second kappa shape index (κ2) is 5.94. The zero-order chi connectivity index (χ0) is 14.7. The predicted octanol–water partition coefficient (Wildman–Crippen LogP) is 2.07. The highest BCUT2D eigenvalue weighted by Gasteiger charge is 2.31. The van der Waals surface area contributed by atoms with Crippen molar-refractivity contribution >= 4 is 11.9 Å². The first kappa shape index (κ1) is 14.4. The van der Waals surface area contributed by atoms with Gasteiger partial charge in [-0.3, -0.25) is 9.59 Å². The van der Waals surface area contributed by atoms with E-state index in [1.807, 2.05) is 0 Å². The molecule has 108 valence electrons. The molecule has 2 atom stereocenters. The van der Waals surface area contributed by atoms with E-state index in [9.17, 15) is 19.8 Å². The second-order valence-corrected chi connectivity index (χ2v) is 5.31. The standard InChI is InChI=1S/C15H19NO4/c1-9-8-10(6-7-13(9)17)14(18)16-12-5-3-2-4-11(12)15(19)20/h6-8,11-12,17H,2-5H2,1H3,(H,16,18)(H,19,20). The van der Waals surface area contributed by atoms with E-state index >= 15 is 0 Å². The summed E-state index contributed by atoms with van der Waals surface area (Å²) in [6.45, 7) is 1.72. The maximum atomic E-state index is 12.2. The first-order valence-electron chi connectivity index (χ1n) is 6.82. The van der Waals surface area contributed by atoms with Crippen molar-refractivity contribution in [1.82, 2.24) is 5.32 Å². The van der Waals surface area contributed by atoms with E-state index in [0.29, 0.717) is 24.0 Å². The number of aliphatic carboxylic acids is 1. The summed E-state index contributed by atoms with van der Waals surface area (Å²) in [6.07, 6.45) is 3.12. The number of carbonyl (C=O) groups is 2.